The van der Waals surface area contributed by atoms with E-state index in [1.54, 1.807) is 0 Å². The summed E-state index contributed by atoms with van der Waals surface area (Å²) in [4.78, 5) is 3.12. The zero-order valence-corrected chi connectivity index (χ0v) is 8.12. The Morgan fingerprint density at radius 1 is 1.50 bits per heavy atom. The maximum absolute atomic E-state index is 9.66. The second-order valence-electron chi connectivity index (χ2n) is 3.54. The van der Waals surface area contributed by atoms with Gasteiger partial charge in [0.25, 0.3) is 0 Å². The van der Waals surface area contributed by atoms with Gasteiger partial charge in [-0.25, -0.2) is 0 Å². The standard InChI is InChI=1S/C11H14N2O/c1-7-2-3-10-8(4-7)9(6-13-10)11(14)5-12/h2-4,6,11,13-14H,5,12H2,1H3. The van der Waals surface area contributed by atoms with E-state index < -0.39 is 6.10 Å². The van der Waals surface area contributed by atoms with Crippen LogP contribution in [0.4, 0.5) is 0 Å². The molecule has 2 aromatic rings. The van der Waals surface area contributed by atoms with Crippen molar-refractivity contribution in [2.24, 2.45) is 5.73 Å². The highest BCUT2D eigenvalue weighted by molar-refractivity contribution is 5.84. The number of H-pyrrole nitrogens is 1. The molecule has 0 spiro atoms. The number of nitrogens with one attached hydrogen (secondary N) is 1. The lowest BCUT2D eigenvalue weighted by Gasteiger charge is -2.05. The van der Waals surface area contributed by atoms with Crippen molar-refractivity contribution >= 4 is 10.9 Å². The lowest BCUT2D eigenvalue weighted by molar-refractivity contribution is 0.188. The Labute approximate surface area is 82.6 Å². The summed E-state index contributed by atoms with van der Waals surface area (Å²) < 4.78 is 0. The van der Waals surface area contributed by atoms with Crippen molar-refractivity contribution in [1.82, 2.24) is 4.98 Å². The molecule has 0 radical (unpaired) electrons. The molecule has 2 rings (SSSR count). The van der Waals surface area contributed by atoms with Gasteiger partial charge in [0, 0.05) is 29.2 Å². The maximum Gasteiger partial charge on any atom is 0.0932 e. The zero-order valence-electron chi connectivity index (χ0n) is 8.12. The summed E-state index contributed by atoms with van der Waals surface area (Å²) in [5, 5.41) is 10.7. The van der Waals surface area contributed by atoms with Crippen molar-refractivity contribution in [1.29, 1.82) is 0 Å². The van der Waals surface area contributed by atoms with Gasteiger partial charge in [-0.05, 0) is 19.1 Å². The van der Waals surface area contributed by atoms with Gasteiger partial charge >= 0.3 is 0 Å². The van der Waals surface area contributed by atoms with E-state index in [0.717, 1.165) is 16.5 Å². The molecule has 0 saturated carbocycles. The molecule has 1 heterocycles. The Bertz CT molecular complexity index is 447. The van der Waals surface area contributed by atoms with Crippen LogP contribution in [-0.2, 0) is 0 Å². The van der Waals surface area contributed by atoms with Crippen molar-refractivity contribution in [3.8, 4) is 0 Å². The van der Waals surface area contributed by atoms with Gasteiger partial charge in [0.1, 0.15) is 0 Å². The van der Waals surface area contributed by atoms with E-state index in [9.17, 15) is 5.11 Å². The van der Waals surface area contributed by atoms with E-state index in [-0.39, 0.29) is 6.54 Å². The molecule has 3 heteroatoms. The summed E-state index contributed by atoms with van der Waals surface area (Å²) in [5.41, 5.74) is 8.53. The van der Waals surface area contributed by atoms with Gasteiger partial charge in [-0.2, -0.15) is 0 Å². The quantitative estimate of drug-likeness (QED) is 0.671. The Kier molecular flexibility index (Phi) is 2.27. The SMILES string of the molecule is Cc1ccc2[nH]cc(C(O)CN)c2c1. The third-order valence-corrected chi connectivity index (χ3v) is 2.45. The van der Waals surface area contributed by atoms with Gasteiger partial charge in [0.2, 0.25) is 0 Å². The molecule has 74 valence electrons. The molecule has 14 heavy (non-hydrogen) atoms. The van der Waals surface area contributed by atoms with Crippen LogP contribution in [0.2, 0.25) is 0 Å². The lowest BCUT2D eigenvalue weighted by Crippen LogP contribution is -2.10. The Morgan fingerprint density at radius 2 is 2.29 bits per heavy atom. The molecule has 4 N–H and O–H groups in total. The highest BCUT2D eigenvalue weighted by Gasteiger charge is 2.10. The summed E-state index contributed by atoms with van der Waals surface area (Å²) in [7, 11) is 0. The Balaban J connectivity index is 2.61. The highest BCUT2D eigenvalue weighted by atomic mass is 16.3. The number of aromatic amines is 1. The normalized spacial score (nSPS) is 13.4. The first-order chi connectivity index (χ1) is 6.72. The van der Waals surface area contributed by atoms with Crippen LogP contribution < -0.4 is 5.73 Å². The van der Waals surface area contributed by atoms with Crippen LogP contribution in [0.25, 0.3) is 10.9 Å². The van der Waals surface area contributed by atoms with Crippen molar-refractivity contribution in [3.05, 3.63) is 35.5 Å². The molecule has 1 aromatic carbocycles. The molecule has 1 aromatic heterocycles. The van der Waals surface area contributed by atoms with Crippen molar-refractivity contribution in [2.75, 3.05) is 6.54 Å². The van der Waals surface area contributed by atoms with Crippen LogP contribution in [0.15, 0.2) is 24.4 Å². The van der Waals surface area contributed by atoms with Gasteiger partial charge in [-0.1, -0.05) is 11.6 Å². The van der Waals surface area contributed by atoms with E-state index in [4.69, 9.17) is 5.73 Å². The summed E-state index contributed by atoms with van der Waals surface area (Å²) in [6.07, 6.45) is 1.24. The second-order valence-corrected chi connectivity index (χ2v) is 3.54. The van der Waals surface area contributed by atoms with E-state index in [2.05, 4.69) is 11.1 Å². The average Bonchev–Trinajstić information content (AvgIpc) is 2.59. The van der Waals surface area contributed by atoms with E-state index in [0.29, 0.717) is 0 Å². The van der Waals surface area contributed by atoms with E-state index >= 15 is 0 Å². The predicted octanol–water partition coefficient (Wildman–Crippen LogP) is 1.47. The van der Waals surface area contributed by atoms with Crippen LogP contribution in [0.5, 0.6) is 0 Å². The largest absolute Gasteiger partial charge is 0.387 e. The van der Waals surface area contributed by atoms with Crippen LogP contribution >= 0.6 is 0 Å². The molecule has 0 amide bonds. The van der Waals surface area contributed by atoms with Crippen LogP contribution in [0.1, 0.15) is 17.2 Å². The van der Waals surface area contributed by atoms with E-state index in [1.807, 2.05) is 25.3 Å². The number of fused-ring (bicyclic) bond motifs is 1. The maximum atomic E-state index is 9.66. The third-order valence-electron chi connectivity index (χ3n) is 2.45. The van der Waals surface area contributed by atoms with Crippen LogP contribution in [0.3, 0.4) is 0 Å². The number of rotatable bonds is 2. The molecule has 0 saturated heterocycles. The first-order valence-corrected chi connectivity index (χ1v) is 4.68. The molecule has 0 aliphatic heterocycles. The number of aliphatic hydroxyl groups excluding tert-OH is 1. The molecule has 0 aliphatic rings. The van der Waals surface area contributed by atoms with Crippen molar-refractivity contribution in [3.63, 3.8) is 0 Å². The lowest BCUT2D eigenvalue weighted by atomic mass is 10.1. The van der Waals surface area contributed by atoms with Crippen LogP contribution in [0, 0.1) is 6.92 Å². The number of aryl methyl sites for hydroxylation is 1. The fourth-order valence-electron chi connectivity index (χ4n) is 1.66. The monoisotopic (exact) mass is 190 g/mol. The van der Waals surface area contributed by atoms with Crippen molar-refractivity contribution < 1.29 is 5.11 Å². The topological polar surface area (TPSA) is 62.0 Å². The third kappa shape index (κ3) is 1.41. The highest BCUT2D eigenvalue weighted by Crippen LogP contribution is 2.24. The van der Waals surface area contributed by atoms with Gasteiger partial charge in [0.05, 0.1) is 6.10 Å². The molecule has 0 bridgehead atoms. The van der Waals surface area contributed by atoms with Gasteiger partial charge in [-0.3, -0.25) is 0 Å². The number of hydrogen-bond acceptors (Lipinski definition) is 2. The molecular weight excluding hydrogens is 176 g/mol. The fourth-order valence-corrected chi connectivity index (χ4v) is 1.66. The summed E-state index contributed by atoms with van der Waals surface area (Å²) >= 11 is 0. The fraction of sp³-hybridized carbons (Fsp3) is 0.273. The summed E-state index contributed by atoms with van der Waals surface area (Å²) in [6.45, 7) is 2.28. The molecule has 1 unspecified atom stereocenters. The molecule has 0 aliphatic carbocycles. The van der Waals surface area contributed by atoms with Gasteiger partial charge in [0.15, 0.2) is 0 Å². The minimum absolute atomic E-state index is 0.251. The van der Waals surface area contributed by atoms with Crippen molar-refractivity contribution in [2.45, 2.75) is 13.0 Å². The summed E-state index contributed by atoms with van der Waals surface area (Å²) in [5.74, 6) is 0. The van der Waals surface area contributed by atoms with Gasteiger partial charge in [-0.15, -0.1) is 0 Å². The number of aliphatic hydroxyl groups is 1. The number of aromatic nitrogens is 1. The molecular formula is C11H14N2O. The first-order valence-electron chi connectivity index (χ1n) is 4.68. The zero-order chi connectivity index (χ0) is 10.1. The predicted molar refractivity (Wildman–Crippen MR) is 57.0 cm³/mol. The van der Waals surface area contributed by atoms with Crippen LogP contribution in [-0.4, -0.2) is 16.6 Å². The first kappa shape index (κ1) is 9.24. The van der Waals surface area contributed by atoms with Gasteiger partial charge < -0.3 is 15.8 Å². The number of nitrogens with two attached hydrogens (primary N) is 1. The molecule has 0 fully saturated rings. The minimum Gasteiger partial charge on any atom is -0.387 e. The molecule has 1 atom stereocenters. The second kappa shape index (κ2) is 3.44. The summed E-state index contributed by atoms with van der Waals surface area (Å²) in [6, 6.07) is 6.11. The Hall–Kier alpha value is -1.32. The molecule has 3 nitrogen and oxygen atoms in total. The number of hydrogen-bond donors (Lipinski definition) is 3. The smallest absolute Gasteiger partial charge is 0.0932 e. The Morgan fingerprint density at radius 3 is 3.00 bits per heavy atom. The van der Waals surface area contributed by atoms with E-state index in [1.165, 1.54) is 5.56 Å². The minimum atomic E-state index is -0.578. The number of benzene rings is 1. The average molecular weight is 190 g/mol.